The van der Waals surface area contributed by atoms with Gasteiger partial charge >= 0.3 is 5.97 Å². The average molecular weight is 508 g/mol. The molecule has 0 saturated heterocycles. The Labute approximate surface area is 200 Å². The summed E-state index contributed by atoms with van der Waals surface area (Å²) in [5.41, 5.74) is 4.20. The van der Waals surface area contributed by atoms with Crippen LogP contribution < -0.4 is 15.5 Å². The van der Waals surface area contributed by atoms with Crippen molar-refractivity contribution in [2.75, 3.05) is 6.54 Å². The van der Waals surface area contributed by atoms with Crippen LogP contribution in [0.25, 0.3) is 0 Å². The van der Waals surface area contributed by atoms with E-state index < -0.39 is 5.97 Å². The average Bonchev–Trinajstić information content (AvgIpc) is 2.83. The van der Waals surface area contributed by atoms with Crippen LogP contribution in [-0.2, 0) is 4.79 Å². The van der Waals surface area contributed by atoms with Crippen LogP contribution in [-0.4, -0.2) is 30.5 Å². The Balaban J connectivity index is 1.36. The van der Waals surface area contributed by atoms with Crippen molar-refractivity contribution < 1.29 is 19.1 Å². The zero-order chi connectivity index (χ0) is 23.5. The van der Waals surface area contributed by atoms with E-state index >= 15 is 0 Å². The lowest BCUT2D eigenvalue weighted by molar-refractivity contribution is -0.121. The minimum absolute atomic E-state index is 0.196. The number of halogens is 1. The fraction of sp³-hybridized carbons (Fsp3) is 0.120. The fourth-order valence-electron chi connectivity index (χ4n) is 2.79. The Bertz CT molecular complexity index is 1130. The van der Waals surface area contributed by atoms with Gasteiger partial charge in [0.15, 0.2) is 0 Å². The first-order valence-corrected chi connectivity index (χ1v) is 11.0. The second kappa shape index (κ2) is 12.3. The molecule has 0 fully saturated rings. The summed E-state index contributed by atoms with van der Waals surface area (Å²) in [5.74, 6) is -0.472. The van der Waals surface area contributed by atoms with Crippen LogP contribution in [0.1, 0.15) is 39.1 Å². The van der Waals surface area contributed by atoms with Gasteiger partial charge < -0.3 is 10.1 Å². The molecule has 2 N–H and O–H groups in total. The number of benzene rings is 3. The highest BCUT2D eigenvalue weighted by Gasteiger charge is 2.09. The molecule has 0 heterocycles. The molecular formula is C25H22BrN3O4. The molecule has 8 heteroatoms. The van der Waals surface area contributed by atoms with Crippen LogP contribution in [0.4, 0.5) is 0 Å². The number of ether oxygens (including phenoxy) is 1. The Hall–Kier alpha value is -3.78. The van der Waals surface area contributed by atoms with Crippen molar-refractivity contribution in [2.24, 2.45) is 5.10 Å². The first-order chi connectivity index (χ1) is 16.0. The van der Waals surface area contributed by atoms with Gasteiger partial charge in [0.1, 0.15) is 5.75 Å². The van der Waals surface area contributed by atoms with Crippen LogP contribution >= 0.6 is 15.9 Å². The molecule has 3 aromatic rings. The molecule has 0 unspecified atom stereocenters. The predicted octanol–water partition coefficient (Wildman–Crippen LogP) is 4.33. The highest BCUT2D eigenvalue weighted by Crippen LogP contribution is 2.15. The maximum atomic E-state index is 12.1. The largest absolute Gasteiger partial charge is 0.423 e. The molecule has 0 radical (unpaired) electrons. The van der Waals surface area contributed by atoms with E-state index in [-0.39, 0.29) is 18.2 Å². The molecule has 3 rings (SSSR count). The van der Waals surface area contributed by atoms with Gasteiger partial charge in [0.05, 0.1) is 17.3 Å². The van der Waals surface area contributed by atoms with Crippen molar-refractivity contribution in [3.05, 3.63) is 100 Å². The van der Waals surface area contributed by atoms with Crippen LogP contribution in [0.2, 0.25) is 0 Å². The maximum absolute atomic E-state index is 12.1. The van der Waals surface area contributed by atoms with E-state index in [1.807, 2.05) is 12.1 Å². The molecule has 168 valence electrons. The molecule has 7 nitrogen and oxygen atoms in total. The Morgan fingerprint density at radius 3 is 2.33 bits per heavy atom. The molecule has 0 aromatic heterocycles. The quantitative estimate of drug-likeness (QED) is 0.148. The minimum atomic E-state index is -0.433. The standard InChI is InChI=1S/C25H22BrN3O4/c26-22-10-5-4-9-21(22)24(31)27-16-6-11-23(30)29-28-17-18-12-14-20(15-13-18)33-25(32)19-7-2-1-3-8-19/h1-5,7-10,12-15,17H,6,11,16H2,(H,27,31)(H,29,30). The highest BCUT2D eigenvalue weighted by molar-refractivity contribution is 9.10. The molecule has 0 aliphatic rings. The minimum Gasteiger partial charge on any atom is -0.423 e. The molecule has 0 bridgehead atoms. The van der Waals surface area contributed by atoms with Crippen LogP contribution in [0.3, 0.4) is 0 Å². The number of carbonyl (C=O) groups is 3. The Morgan fingerprint density at radius 1 is 0.909 bits per heavy atom. The lowest BCUT2D eigenvalue weighted by Gasteiger charge is -2.06. The fourth-order valence-corrected chi connectivity index (χ4v) is 3.25. The Kier molecular flexibility index (Phi) is 8.90. The predicted molar refractivity (Wildman–Crippen MR) is 129 cm³/mol. The molecule has 33 heavy (non-hydrogen) atoms. The normalized spacial score (nSPS) is 10.6. The molecule has 3 aromatic carbocycles. The second-order valence-corrected chi connectivity index (χ2v) is 7.81. The van der Waals surface area contributed by atoms with Gasteiger partial charge in [0.2, 0.25) is 5.91 Å². The van der Waals surface area contributed by atoms with Crippen molar-refractivity contribution in [2.45, 2.75) is 12.8 Å². The molecule has 0 spiro atoms. The monoisotopic (exact) mass is 507 g/mol. The summed E-state index contributed by atoms with van der Waals surface area (Å²) >= 11 is 3.34. The van der Waals surface area contributed by atoms with Gasteiger partial charge in [-0.2, -0.15) is 5.10 Å². The first kappa shape index (κ1) is 23.9. The zero-order valence-electron chi connectivity index (χ0n) is 17.7. The maximum Gasteiger partial charge on any atom is 0.343 e. The van der Waals surface area contributed by atoms with Crippen molar-refractivity contribution >= 4 is 39.9 Å². The van der Waals surface area contributed by atoms with Gasteiger partial charge in [0.25, 0.3) is 5.91 Å². The van der Waals surface area contributed by atoms with Gasteiger partial charge in [0, 0.05) is 17.4 Å². The number of nitrogens with one attached hydrogen (secondary N) is 2. The first-order valence-electron chi connectivity index (χ1n) is 10.2. The lowest BCUT2D eigenvalue weighted by atomic mass is 10.2. The second-order valence-electron chi connectivity index (χ2n) is 6.96. The number of esters is 1. The summed E-state index contributed by atoms with van der Waals surface area (Å²) in [6.45, 7) is 0.375. The lowest BCUT2D eigenvalue weighted by Crippen LogP contribution is -2.26. The van der Waals surface area contributed by atoms with E-state index in [9.17, 15) is 14.4 Å². The number of hydrazone groups is 1. The van der Waals surface area contributed by atoms with Crippen LogP contribution in [0.5, 0.6) is 5.75 Å². The van der Waals surface area contributed by atoms with E-state index in [2.05, 4.69) is 31.8 Å². The van der Waals surface area contributed by atoms with Crippen molar-refractivity contribution in [3.63, 3.8) is 0 Å². The smallest absolute Gasteiger partial charge is 0.343 e. The SMILES string of the molecule is O=C(CCCNC(=O)c1ccccc1Br)NN=Cc1ccc(OC(=O)c2ccccc2)cc1. The summed E-state index contributed by atoms with van der Waals surface area (Å²) < 4.78 is 6.04. The van der Waals surface area contributed by atoms with Gasteiger partial charge in [-0.3, -0.25) is 9.59 Å². The van der Waals surface area contributed by atoms with Gasteiger partial charge in [-0.1, -0.05) is 30.3 Å². The molecule has 2 amide bonds. The van der Waals surface area contributed by atoms with Crippen LogP contribution in [0.15, 0.2) is 88.4 Å². The number of carbonyl (C=O) groups excluding carboxylic acids is 3. The summed E-state index contributed by atoms with van der Waals surface area (Å²) in [5, 5.41) is 6.71. The van der Waals surface area contributed by atoms with Gasteiger partial charge in [-0.15, -0.1) is 0 Å². The number of amides is 2. The molecule has 0 aliphatic heterocycles. The number of hydrogen-bond donors (Lipinski definition) is 2. The van der Waals surface area contributed by atoms with Crippen molar-refractivity contribution in [1.29, 1.82) is 0 Å². The summed E-state index contributed by atoms with van der Waals surface area (Å²) in [7, 11) is 0. The van der Waals surface area contributed by atoms with E-state index in [0.29, 0.717) is 29.8 Å². The van der Waals surface area contributed by atoms with Gasteiger partial charge in [-0.25, -0.2) is 10.2 Å². The molecular weight excluding hydrogens is 486 g/mol. The topological polar surface area (TPSA) is 96.9 Å². The van der Waals surface area contributed by atoms with E-state index in [1.54, 1.807) is 66.7 Å². The number of hydrogen-bond acceptors (Lipinski definition) is 5. The third-order valence-corrected chi connectivity index (χ3v) is 5.18. The van der Waals surface area contributed by atoms with Crippen molar-refractivity contribution in [1.82, 2.24) is 10.7 Å². The third kappa shape index (κ3) is 7.69. The zero-order valence-corrected chi connectivity index (χ0v) is 19.2. The molecule has 0 aliphatic carbocycles. The molecule has 0 atom stereocenters. The summed E-state index contributed by atoms with van der Waals surface area (Å²) in [6.07, 6.45) is 2.20. The van der Waals surface area contributed by atoms with E-state index in [4.69, 9.17) is 4.74 Å². The Morgan fingerprint density at radius 2 is 1.61 bits per heavy atom. The highest BCUT2D eigenvalue weighted by atomic mass is 79.9. The third-order valence-electron chi connectivity index (χ3n) is 4.49. The van der Waals surface area contributed by atoms with E-state index in [0.717, 1.165) is 10.0 Å². The number of nitrogens with zero attached hydrogens (tertiary/aromatic N) is 1. The summed E-state index contributed by atoms with van der Waals surface area (Å²) in [4.78, 5) is 36.1. The molecule has 0 saturated carbocycles. The number of rotatable bonds is 9. The van der Waals surface area contributed by atoms with E-state index in [1.165, 1.54) is 6.21 Å². The summed E-state index contributed by atoms with van der Waals surface area (Å²) in [6, 6.07) is 22.6. The van der Waals surface area contributed by atoms with Crippen LogP contribution in [0, 0.1) is 0 Å². The van der Waals surface area contributed by atoms with Crippen molar-refractivity contribution in [3.8, 4) is 5.75 Å². The van der Waals surface area contributed by atoms with Gasteiger partial charge in [-0.05, 0) is 76.4 Å².